The number of benzene rings is 2. The van der Waals surface area contributed by atoms with Gasteiger partial charge in [-0.3, -0.25) is 4.40 Å². The molecule has 0 aliphatic rings. The first-order valence-corrected chi connectivity index (χ1v) is 8.09. The van der Waals surface area contributed by atoms with Gasteiger partial charge in [0.05, 0.1) is 0 Å². The maximum Gasteiger partial charge on any atom is 0.235 e. The number of aryl methyl sites for hydroxylation is 1. The van der Waals surface area contributed by atoms with Crippen LogP contribution in [0.5, 0.6) is 0 Å². The van der Waals surface area contributed by atoms with E-state index in [4.69, 9.17) is 0 Å². The fourth-order valence-electron chi connectivity index (χ4n) is 2.76. The third kappa shape index (κ3) is 3.08. The van der Waals surface area contributed by atoms with Gasteiger partial charge >= 0.3 is 0 Å². The molecule has 2 aromatic heterocycles. The molecule has 124 valence electrons. The van der Waals surface area contributed by atoms with Crippen LogP contribution in [0, 0.1) is 12.7 Å². The van der Waals surface area contributed by atoms with Gasteiger partial charge in [-0.2, -0.15) is 0 Å². The van der Waals surface area contributed by atoms with Crippen LogP contribution in [0.25, 0.3) is 17.0 Å². The molecule has 25 heavy (non-hydrogen) atoms. The lowest BCUT2D eigenvalue weighted by molar-refractivity contribution is 0.627. The van der Waals surface area contributed by atoms with Gasteiger partial charge in [-0.25, -0.2) is 14.4 Å². The molecule has 1 N–H and O–H groups in total. The van der Waals surface area contributed by atoms with Crippen molar-refractivity contribution < 1.29 is 4.39 Å². The summed E-state index contributed by atoms with van der Waals surface area (Å²) in [5, 5.41) is 3.42. The first-order valence-electron chi connectivity index (χ1n) is 8.09. The minimum Gasteiger partial charge on any atom is -0.365 e. The minimum atomic E-state index is -0.233. The molecule has 0 saturated carbocycles. The van der Waals surface area contributed by atoms with E-state index in [-0.39, 0.29) is 5.82 Å². The Kier molecular flexibility index (Phi) is 3.90. The number of nitrogens with zero attached hydrogens (tertiary/aromatic N) is 3. The van der Waals surface area contributed by atoms with E-state index < -0.39 is 0 Å². The number of hydrogen-bond donors (Lipinski definition) is 1. The lowest BCUT2D eigenvalue weighted by Crippen LogP contribution is -2.03. The van der Waals surface area contributed by atoms with E-state index in [1.54, 1.807) is 18.3 Å². The Morgan fingerprint density at radius 2 is 1.80 bits per heavy atom. The number of aromatic nitrogens is 3. The molecule has 0 spiro atoms. The summed E-state index contributed by atoms with van der Waals surface area (Å²) >= 11 is 0. The van der Waals surface area contributed by atoms with Crippen LogP contribution in [0.1, 0.15) is 11.1 Å². The molecule has 4 nitrogen and oxygen atoms in total. The highest BCUT2D eigenvalue weighted by atomic mass is 19.1. The highest BCUT2D eigenvalue weighted by molar-refractivity contribution is 5.75. The van der Waals surface area contributed by atoms with Gasteiger partial charge in [0.25, 0.3) is 0 Å². The van der Waals surface area contributed by atoms with Crippen molar-refractivity contribution in [2.45, 2.75) is 13.5 Å². The monoisotopic (exact) mass is 332 g/mol. The van der Waals surface area contributed by atoms with E-state index >= 15 is 0 Å². The summed E-state index contributed by atoms with van der Waals surface area (Å²) in [5.74, 6) is 1.28. The van der Waals surface area contributed by atoms with Crippen LogP contribution in [0.2, 0.25) is 0 Å². The van der Waals surface area contributed by atoms with Crippen LogP contribution < -0.4 is 5.32 Å². The second-order valence-corrected chi connectivity index (χ2v) is 5.94. The second kappa shape index (κ2) is 6.36. The molecule has 0 atom stereocenters. The van der Waals surface area contributed by atoms with E-state index in [1.165, 1.54) is 17.7 Å². The third-order valence-electron chi connectivity index (χ3n) is 4.10. The van der Waals surface area contributed by atoms with Gasteiger partial charge in [0.2, 0.25) is 5.78 Å². The van der Waals surface area contributed by atoms with Crippen molar-refractivity contribution in [3.63, 3.8) is 0 Å². The summed E-state index contributed by atoms with van der Waals surface area (Å²) in [4.78, 5) is 9.00. The topological polar surface area (TPSA) is 42.2 Å². The first kappa shape index (κ1) is 15.3. The predicted octanol–water partition coefficient (Wildman–Crippen LogP) is 4.46. The van der Waals surface area contributed by atoms with Gasteiger partial charge in [0.1, 0.15) is 17.3 Å². The van der Waals surface area contributed by atoms with Crippen molar-refractivity contribution in [1.29, 1.82) is 0 Å². The smallest absolute Gasteiger partial charge is 0.235 e. The zero-order valence-corrected chi connectivity index (χ0v) is 13.8. The van der Waals surface area contributed by atoms with Crippen molar-refractivity contribution in [2.24, 2.45) is 0 Å². The minimum absolute atomic E-state index is 0.233. The average Bonchev–Trinajstić information content (AvgIpc) is 3.00. The fraction of sp³-hybridized carbons (Fsp3) is 0.100. The molecule has 2 aromatic carbocycles. The van der Waals surface area contributed by atoms with Crippen molar-refractivity contribution >= 4 is 11.6 Å². The Hall–Kier alpha value is -3.21. The van der Waals surface area contributed by atoms with Crippen molar-refractivity contribution in [2.75, 3.05) is 5.32 Å². The maximum atomic E-state index is 13.1. The van der Waals surface area contributed by atoms with Crippen LogP contribution in [0.15, 0.2) is 67.0 Å². The zero-order valence-electron chi connectivity index (χ0n) is 13.8. The molecule has 0 unspecified atom stereocenters. The summed E-state index contributed by atoms with van der Waals surface area (Å²) in [6.07, 6.45) is 3.66. The standard InChI is InChI=1S/C20H17FN4/c1-14-3-7-16(8-4-14)18-19(25-12-2-11-22-20(25)24-18)23-13-15-5-9-17(21)10-6-15/h2-12,23H,13H2,1H3. The van der Waals surface area contributed by atoms with Crippen molar-refractivity contribution in [1.82, 2.24) is 14.4 Å². The maximum absolute atomic E-state index is 13.1. The average molecular weight is 332 g/mol. The number of anilines is 1. The Balaban J connectivity index is 1.73. The largest absolute Gasteiger partial charge is 0.365 e. The Morgan fingerprint density at radius 1 is 1.04 bits per heavy atom. The predicted molar refractivity (Wildman–Crippen MR) is 96.9 cm³/mol. The van der Waals surface area contributed by atoms with Crippen molar-refractivity contribution in [3.8, 4) is 11.3 Å². The van der Waals surface area contributed by atoms with Gasteiger partial charge in [0, 0.05) is 24.5 Å². The van der Waals surface area contributed by atoms with E-state index in [2.05, 4.69) is 46.5 Å². The summed E-state index contributed by atoms with van der Waals surface area (Å²) in [7, 11) is 0. The summed E-state index contributed by atoms with van der Waals surface area (Å²) in [6.45, 7) is 2.63. The lowest BCUT2D eigenvalue weighted by atomic mass is 10.1. The van der Waals surface area contributed by atoms with Crippen LogP contribution in [0.3, 0.4) is 0 Å². The molecule has 2 heterocycles. The molecule has 0 bridgehead atoms. The number of rotatable bonds is 4. The molecule has 4 rings (SSSR count). The first-order chi connectivity index (χ1) is 12.2. The second-order valence-electron chi connectivity index (χ2n) is 5.94. The molecule has 4 aromatic rings. The quantitative estimate of drug-likeness (QED) is 0.600. The Bertz CT molecular complexity index is 1000. The number of halogens is 1. The highest BCUT2D eigenvalue weighted by Crippen LogP contribution is 2.28. The normalized spacial score (nSPS) is 11.0. The number of fused-ring (bicyclic) bond motifs is 1. The van der Waals surface area contributed by atoms with Gasteiger partial charge in [0.15, 0.2) is 0 Å². The van der Waals surface area contributed by atoms with Gasteiger partial charge < -0.3 is 5.32 Å². The summed E-state index contributed by atoms with van der Waals surface area (Å²) in [5.41, 5.74) is 4.07. The van der Waals surface area contributed by atoms with E-state index in [9.17, 15) is 4.39 Å². The zero-order chi connectivity index (χ0) is 17.2. The fourth-order valence-corrected chi connectivity index (χ4v) is 2.76. The Morgan fingerprint density at radius 3 is 2.56 bits per heavy atom. The SMILES string of the molecule is Cc1ccc(-c2nc3ncccn3c2NCc2ccc(F)cc2)cc1. The molecule has 0 aliphatic carbocycles. The third-order valence-corrected chi connectivity index (χ3v) is 4.10. The molecular weight excluding hydrogens is 315 g/mol. The number of nitrogens with one attached hydrogen (secondary N) is 1. The molecule has 0 aliphatic heterocycles. The number of imidazole rings is 1. The molecule has 0 radical (unpaired) electrons. The van der Waals surface area contributed by atoms with Gasteiger partial charge in [-0.05, 0) is 30.7 Å². The van der Waals surface area contributed by atoms with Crippen LogP contribution >= 0.6 is 0 Å². The molecule has 0 fully saturated rings. The Labute approximate surface area is 145 Å². The molecule has 0 amide bonds. The lowest BCUT2D eigenvalue weighted by Gasteiger charge is -2.09. The van der Waals surface area contributed by atoms with Gasteiger partial charge in [-0.15, -0.1) is 0 Å². The van der Waals surface area contributed by atoms with Crippen molar-refractivity contribution in [3.05, 3.63) is 83.9 Å². The van der Waals surface area contributed by atoms with Crippen LogP contribution in [-0.2, 0) is 6.54 Å². The van der Waals surface area contributed by atoms with E-state index in [1.807, 2.05) is 16.7 Å². The molecular formula is C20H17FN4. The number of hydrogen-bond acceptors (Lipinski definition) is 3. The summed E-state index contributed by atoms with van der Waals surface area (Å²) < 4.78 is 15.0. The molecule has 0 saturated heterocycles. The van der Waals surface area contributed by atoms with Crippen LogP contribution in [-0.4, -0.2) is 14.4 Å². The summed E-state index contributed by atoms with van der Waals surface area (Å²) in [6, 6.07) is 16.6. The highest BCUT2D eigenvalue weighted by Gasteiger charge is 2.14. The van der Waals surface area contributed by atoms with Crippen LogP contribution in [0.4, 0.5) is 10.2 Å². The van der Waals surface area contributed by atoms with E-state index in [0.717, 1.165) is 22.6 Å². The van der Waals surface area contributed by atoms with E-state index in [0.29, 0.717) is 12.3 Å². The van der Waals surface area contributed by atoms with Gasteiger partial charge in [-0.1, -0.05) is 42.0 Å². The molecule has 5 heteroatoms.